The normalized spacial score (nSPS) is 14.0. The minimum atomic E-state index is -0.347. The van der Waals surface area contributed by atoms with Gasteiger partial charge in [-0.25, -0.2) is 14.1 Å². The third-order valence-electron chi connectivity index (χ3n) is 5.68. The van der Waals surface area contributed by atoms with E-state index in [0.717, 1.165) is 28.0 Å². The van der Waals surface area contributed by atoms with Crippen molar-refractivity contribution in [3.8, 4) is 5.69 Å². The van der Waals surface area contributed by atoms with Crippen molar-refractivity contribution in [2.24, 2.45) is 0 Å². The lowest BCUT2D eigenvalue weighted by molar-refractivity contribution is 0.629. The lowest BCUT2D eigenvalue weighted by Gasteiger charge is -2.26. The number of fused-ring (bicyclic) bond motifs is 3. The largest absolute Gasteiger partial charge is 0.324 e. The second-order valence-corrected chi connectivity index (χ2v) is 7.91. The Hall–Kier alpha value is -3.62. The van der Waals surface area contributed by atoms with Gasteiger partial charge < -0.3 is 10.2 Å². The Labute approximate surface area is 187 Å². The van der Waals surface area contributed by atoms with Gasteiger partial charge in [-0.05, 0) is 54.1 Å². The van der Waals surface area contributed by atoms with Crippen LogP contribution in [0.1, 0.15) is 5.56 Å². The van der Waals surface area contributed by atoms with Crippen molar-refractivity contribution in [2.75, 3.05) is 18.0 Å². The van der Waals surface area contributed by atoms with Crippen LogP contribution < -0.4 is 10.2 Å². The molecule has 0 bridgehead atoms. The van der Waals surface area contributed by atoms with E-state index in [-0.39, 0.29) is 11.1 Å². The molecular formula is C23H17ClFN7. The van der Waals surface area contributed by atoms with Gasteiger partial charge in [-0.1, -0.05) is 23.4 Å². The van der Waals surface area contributed by atoms with Crippen LogP contribution in [-0.2, 0) is 6.54 Å². The summed E-state index contributed by atoms with van der Waals surface area (Å²) in [5, 5.41) is 12.9. The molecule has 9 heteroatoms. The number of hydrogen-bond acceptors (Lipinski definition) is 6. The van der Waals surface area contributed by atoms with E-state index in [4.69, 9.17) is 11.6 Å². The highest BCUT2D eigenvalue weighted by molar-refractivity contribution is 6.28. The molecule has 32 heavy (non-hydrogen) atoms. The van der Waals surface area contributed by atoms with Crippen molar-refractivity contribution in [2.45, 2.75) is 6.54 Å². The molecule has 3 heterocycles. The topological polar surface area (TPSA) is 71.8 Å². The first-order valence-corrected chi connectivity index (χ1v) is 10.6. The summed E-state index contributed by atoms with van der Waals surface area (Å²) in [4.78, 5) is 10.8. The fourth-order valence-corrected chi connectivity index (χ4v) is 4.42. The number of benzene rings is 3. The molecule has 0 unspecified atom stereocenters. The van der Waals surface area contributed by atoms with Gasteiger partial charge in [0.1, 0.15) is 17.2 Å². The maximum atomic E-state index is 14.1. The van der Waals surface area contributed by atoms with Crippen LogP contribution in [0.2, 0.25) is 5.28 Å². The van der Waals surface area contributed by atoms with Gasteiger partial charge >= 0.3 is 0 Å². The van der Waals surface area contributed by atoms with Crippen LogP contribution in [0.3, 0.4) is 0 Å². The lowest BCUT2D eigenvalue weighted by Crippen LogP contribution is -2.25. The first-order chi connectivity index (χ1) is 15.7. The van der Waals surface area contributed by atoms with Crippen LogP contribution in [0.5, 0.6) is 0 Å². The van der Waals surface area contributed by atoms with Crippen LogP contribution in [0.15, 0.2) is 60.7 Å². The van der Waals surface area contributed by atoms with Crippen molar-refractivity contribution in [1.82, 2.24) is 30.3 Å². The van der Waals surface area contributed by atoms with E-state index in [9.17, 15) is 4.39 Å². The molecule has 0 spiro atoms. The molecule has 1 aliphatic rings. The van der Waals surface area contributed by atoms with Gasteiger partial charge in [-0.2, -0.15) is 4.98 Å². The zero-order chi connectivity index (χ0) is 21.7. The Morgan fingerprint density at radius 3 is 2.75 bits per heavy atom. The molecule has 0 saturated heterocycles. The molecule has 0 amide bonds. The van der Waals surface area contributed by atoms with E-state index in [1.807, 2.05) is 47.1 Å². The molecule has 0 saturated carbocycles. The van der Waals surface area contributed by atoms with Gasteiger partial charge in [-0.15, -0.1) is 5.10 Å². The van der Waals surface area contributed by atoms with E-state index in [1.54, 1.807) is 6.07 Å². The molecule has 0 aliphatic carbocycles. The Morgan fingerprint density at radius 2 is 1.81 bits per heavy atom. The monoisotopic (exact) mass is 445 g/mol. The second-order valence-electron chi connectivity index (χ2n) is 7.57. The molecule has 6 rings (SSSR count). The highest BCUT2D eigenvalue weighted by Crippen LogP contribution is 2.36. The molecule has 0 atom stereocenters. The third-order valence-corrected chi connectivity index (χ3v) is 5.85. The van der Waals surface area contributed by atoms with Gasteiger partial charge in [0.05, 0.1) is 16.7 Å². The molecule has 5 aromatic rings. The number of rotatable bonds is 2. The fraction of sp³-hybridized carbons (Fsp3) is 0.130. The predicted molar refractivity (Wildman–Crippen MR) is 122 cm³/mol. The van der Waals surface area contributed by atoms with Crippen LogP contribution in [0.4, 0.5) is 15.9 Å². The second kappa shape index (κ2) is 7.51. The third kappa shape index (κ3) is 3.07. The predicted octanol–water partition coefficient (Wildman–Crippen LogP) is 4.40. The number of halogens is 2. The number of para-hydroxylation sites is 1. The summed E-state index contributed by atoms with van der Waals surface area (Å²) in [7, 11) is 0. The van der Waals surface area contributed by atoms with E-state index in [1.165, 1.54) is 12.1 Å². The summed E-state index contributed by atoms with van der Waals surface area (Å²) in [6.45, 7) is 1.99. The molecule has 7 nitrogen and oxygen atoms in total. The summed E-state index contributed by atoms with van der Waals surface area (Å²) >= 11 is 6.25. The highest BCUT2D eigenvalue weighted by atomic mass is 35.5. The summed E-state index contributed by atoms with van der Waals surface area (Å²) in [5.41, 5.74) is 5.26. The first-order valence-electron chi connectivity index (χ1n) is 10.2. The maximum Gasteiger partial charge on any atom is 0.224 e. The Balaban J connectivity index is 1.58. The average Bonchev–Trinajstić information content (AvgIpc) is 3.11. The zero-order valence-electron chi connectivity index (χ0n) is 16.8. The minimum Gasteiger partial charge on any atom is -0.324 e. The van der Waals surface area contributed by atoms with Crippen molar-refractivity contribution >= 4 is 45.0 Å². The molecule has 1 aliphatic heterocycles. The standard InChI is InChI=1S/C23H17ClFN7/c24-23-27-17-9-8-14(25)12-15(17)22(28-23)31-11-10-26-13-16-19(31)6-3-7-20(16)32-21-5-2-1-4-18(21)29-30-32/h1-9,12,26H,10-11,13H2. The van der Waals surface area contributed by atoms with E-state index in [2.05, 4.69) is 30.5 Å². The number of aromatic nitrogens is 5. The van der Waals surface area contributed by atoms with Crippen LogP contribution in [0, 0.1) is 5.82 Å². The maximum absolute atomic E-state index is 14.1. The van der Waals surface area contributed by atoms with Crippen molar-refractivity contribution in [1.29, 1.82) is 0 Å². The van der Waals surface area contributed by atoms with Gasteiger partial charge in [0.15, 0.2) is 0 Å². The van der Waals surface area contributed by atoms with E-state index < -0.39 is 0 Å². The van der Waals surface area contributed by atoms with Gasteiger partial charge in [-0.3, -0.25) is 0 Å². The molecular weight excluding hydrogens is 429 g/mol. The Kier molecular flexibility index (Phi) is 4.48. The number of hydrogen-bond donors (Lipinski definition) is 1. The van der Waals surface area contributed by atoms with Crippen LogP contribution in [-0.4, -0.2) is 38.1 Å². The lowest BCUT2D eigenvalue weighted by atomic mass is 10.1. The van der Waals surface area contributed by atoms with Gasteiger partial charge in [0.25, 0.3) is 0 Å². The van der Waals surface area contributed by atoms with Gasteiger partial charge in [0, 0.05) is 36.3 Å². The molecule has 0 fully saturated rings. The quantitative estimate of drug-likeness (QED) is 0.406. The number of nitrogens with zero attached hydrogens (tertiary/aromatic N) is 6. The smallest absolute Gasteiger partial charge is 0.224 e. The first kappa shape index (κ1) is 19.1. The highest BCUT2D eigenvalue weighted by Gasteiger charge is 2.24. The summed E-state index contributed by atoms with van der Waals surface area (Å²) in [6.07, 6.45) is 0. The molecule has 1 N–H and O–H groups in total. The summed E-state index contributed by atoms with van der Waals surface area (Å²) < 4.78 is 16.0. The van der Waals surface area contributed by atoms with Crippen molar-refractivity contribution in [3.63, 3.8) is 0 Å². The van der Waals surface area contributed by atoms with Crippen molar-refractivity contribution in [3.05, 3.63) is 77.3 Å². The molecule has 2 aromatic heterocycles. The molecule has 3 aromatic carbocycles. The fourth-order valence-electron chi connectivity index (χ4n) is 4.25. The number of nitrogens with one attached hydrogen (secondary N) is 1. The van der Waals surface area contributed by atoms with Crippen molar-refractivity contribution < 1.29 is 4.39 Å². The van der Waals surface area contributed by atoms with Gasteiger partial charge in [0.2, 0.25) is 5.28 Å². The Morgan fingerprint density at radius 1 is 0.938 bits per heavy atom. The molecule has 158 valence electrons. The Bertz CT molecular complexity index is 1480. The van der Waals surface area contributed by atoms with E-state index in [0.29, 0.717) is 36.4 Å². The average molecular weight is 446 g/mol. The zero-order valence-corrected chi connectivity index (χ0v) is 17.6. The van der Waals surface area contributed by atoms with Crippen LogP contribution in [0.25, 0.3) is 27.6 Å². The summed E-state index contributed by atoms with van der Waals surface area (Å²) in [5.74, 6) is 0.228. The SMILES string of the molecule is Fc1ccc2nc(Cl)nc(N3CCNCc4c3cccc4-n3nnc4ccccc43)c2c1. The molecule has 0 radical (unpaired) electrons. The number of anilines is 2. The van der Waals surface area contributed by atoms with E-state index >= 15 is 0 Å². The van der Waals surface area contributed by atoms with Crippen LogP contribution >= 0.6 is 11.6 Å². The summed E-state index contributed by atoms with van der Waals surface area (Å²) in [6, 6.07) is 18.3. The minimum absolute atomic E-state index is 0.122.